The minimum atomic E-state index is -0.646. The minimum absolute atomic E-state index is 0.00328. The van der Waals surface area contributed by atoms with Crippen LogP contribution in [0.5, 0.6) is 0 Å². The monoisotopic (exact) mass is 321 g/mol. The Morgan fingerprint density at radius 3 is 1.92 bits per heavy atom. The first kappa shape index (κ1) is 15.5. The Morgan fingerprint density at radius 2 is 1.42 bits per heavy atom. The topological polar surface area (TPSA) is 94.8 Å². The van der Waals surface area contributed by atoms with E-state index in [0.29, 0.717) is 0 Å². The largest absolute Gasteiger partial charge is 0.325 e. The van der Waals surface area contributed by atoms with Gasteiger partial charge in [0.05, 0.1) is 5.92 Å². The summed E-state index contributed by atoms with van der Waals surface area (Å²) >= 11 is 0. The Labute approximate surface area is 137 Å². The smallest absolute Gasteiger partial charge is 0.319 e. The number of benzene rings is 2. The van der Waals surface area contributed by atoms with Crippen molar-refractivity contribution in [1.82, 2.24) is 9.97 Å². The van der Waals surface area contributed by atoms with E-state index >= 15 is 0 Å². The molecule has 0 spiro atoms. The van der Waals surface area contributed by atoms with Crippen molar-refractivity contribution in [2.24, 2.45) is 0 Å². The third-order valence-electron chi connectivity index (χ3n) is 3.61. The molecule has 0 radical (unpaired) electrons. The molecule has 0 atom stereocenters. The summed E-state index contributed by atoms with van der Waals surface area (Å²) in [5.41, 5.74) is 0.341. The van der Waals surface area contributed by atoms with Crippen LogP contribution in [0, 0.1) is 0 Å². The average molecular weight is 321 g/mol. The van der Waals surface area contributed by atoms with Gasteiger partial charge in [-0.15, -0.1) is 0 Å². The summed E-state index contributed by atoms with van der Waals surface area (Å²) in [5.74, 6) is -0.927. The molecule has 6 heteroatoms. The van der Waals surface area contributed by atoms with Gasteiger partial charge < -0.3 is 10.3 Å². The lowest BCUT2D eigenvalue weighted by Crippen LogP contribution is -2.29. The number of nitrogens with one attached hydrogen (secondary N) is 3. The number of carbonyl (C=O) groups excluding carboxylic acids is 1. The zero-order chi connectivity index (χ0) is 16.9. The van der Waals surface area contributed by atoms with Gasteiger partial charge in [0.25, 0.3) is 5.56 Å². The number of anilines is 1. The second-order valence-corrected chi connectivity index (χ2v) is 5.23. The van der Waals surface area contributed by atoms with E-state index in [2.05, 4.69) is 15.3 Å². The molecule has 1 heterocycles. The predicted octanol–water partition coefficient (Wildman–Crippen LogP) is 1.83. The summed E-state index contributed by atoms with van der Waals surface area (Å²) in [6, 6.07) is 18.6. The Balaban J connectivity index is 1.98. The van der Waals surface area contributed by atoms with Crippen LogP contribution in [0.25, 0.3) is 0 Å². The lowest BCUT2D eigenvalue weighted by atomic mass is 9.90. The maximum atomic E-state index is 12.8. The Kier molecular flexibility index (Phi) is 4.38. The quantitative estimate of drug-likeness (QED) is 0.684. The molecule has 6 nitrogen and oxygen atoms in total. The molecule has 120 valence electrons. The molecule has 0 bridgehead atoms. The molecular weight excluding hydrogens is 306 g/mol. The highest BCUT2D eigenvalue weighted by Gasteiger charge is 2.23. The Morgan fingerprint density at radius 1 is 0.875 bits per heavy atom. The van der Waals surface area contributed by atoms with Crippen molar-refractivity contribution in [3.05, 3.63) is 98.8 Å². The van der Waals surface area contributed by atoms with Gasteiger partial charge in [0.2, 0.25) is 5.91 Å². The molecule has 3 aromatic rings. The van der Waals surface area contributed by atoms with Crippen molar-refractivity contribution >= 4 is 11.6 Å². The zero-order valence-electron chi connectivity index (χ0n) is 12.7. The van der Waals surface area contributed by atoms with Crippen molar-refractivity contribution in [1.29, 1.82) is 0 Å². The van der Waals surface area contributed by atoms with Gasteiger partial charge in [0.15, 0.2) is 0 Å². The summed E-state index contributed by atoms with van der Waals surface area (Å²) < 4.78 is 0. The lowest BCUT2D eigenvalue weighted by molar-refractivity contribution is -0.116. The number of aromatic nitrogens is 2. The summed E-state index contributed by atoms with van der Waals surface area (Å²) in [7, 11) is 0. The third kappa shape index (κ3) is 3.33. The van der Waals surface area contributed by atoms with Gasteiger partial charge >= 0.3 is 5.69 Å². The van der Waals surface area contributed by atoms with E-state index < -0.39 is 17.2 Å². The highest BCUT2D eigenvalue weighted by atomic mass is 16.2. The first-order valence-electron chi connectivity index (χ1n) is 7.38. The van der Waals surface area contributed by atoms with Crippen molar-refractivity contribution < 1.29 is 4.79 Å². The van der Waals surface area contributed by atoms with E-state index in [9.17, 15) is 14.4 Å². The highest BCUT2D eigenvalue weighted by Crippen LogP contribution is 2.25. The number of hydrogen-bond acceptors (Lipinski definition) is 3. The molecule has 0 aliphatic heterocycles. The number of amides is 1. The van der Waals surface area contributed by atoms with E-state index in [-0.39, 0.29) is 11.6 Å². The number of hydrogen-bond donors (Lipinski definition) is 3. The van der Waals surface area contributed by atoms with Crippen LogP contribution >= 0.6 is 0 Å². The normalized spacial score (nSPS) is 10.5. The number of carbonyl (C=O) groups is 1. The van der Waals surface area contributed by atoms with Crippen molar-refractivity contribution in [3.63, 3.8) is 0 Å². The van der Waals surface area contributed by atoms with E-state index in [1.807, 2.05) is 60.7 Å². The summed E-state index contributed by atoms with van der Waals surface area (Å²) in [6.07, 6.45) is 1.19. The molecule has 24 heavy (non-hydrogen) atoms. The summed E-state index contributed by atoms with van der Waals surface area (Å²) in [4.78, 5) is 40.1. The molecule has 0 aliphatic carbocycles. The van der Waals surface area contributed by atoms with Crippen LogP contribution in [0.15, 0.2) is 76.4 Å². The van der Waals surface area contributed by atoms with Gasteiger partial charge in [0, 0.05) is 6.20 Å². The first-order chi connectivity index (χ1) is 11.6. The molecule has 1 aromatic heterocycles. The van der Waals surface area contributed by atoms with Crippen LogP contribution in [-0.4, -0.2) is 15.9 Å². The maximum Gasteiger partial charge on any atom is 0.325 e. The van der Waals surface area contributed by atoms with Gasteiger partial charge in [-0.2, -0.15) is 0 Å². The molecular formula is C18H15N3O3. The third-order valence-corrected chi connectivity index (χ3v) is 3.61. The molecule has 0 saturated heterocycles. The Bertz CT molecular complexity index is 907. The molecule has 0 aliphatic rings. The van der Waals surface area contributed by atoms with Gasteiger partial charge in [-0.3, -0.25) is 14.6 Å². The van der Waals surface area contributed by atoms with Crippen LogP contribution in [0.2, 0.25) is 0 Å². The van der Waals surface area contributed by atoms with Crippen molar-refractivity contribution in [2.45, 2.75) is 5.92 Å². The molecule has 3 rings (SSSR count). The summed E-state index contributed by atoms with van der Waals surface area (Å²) in [5, 5.41) is 2.58. The predicted molar refractivity (Wildman–Crippen MR) is 91.0 cm³/mol. The molecule has 3 N–H and O–H groups in total. The number of rotatable bonds is 4. The fourth-order valence-corrected chi connectivity index (χ4v) is 2.49. The standard InChI is InChI=1S/C18H15N3O3/c22-16-14(11-19-18(24)21-16)20-17(23)15(12-7-3-1-4-8-12)13-9-5-2-6-10-13/h1-11,15H,(H,20,23)(H2,19,21,22,24). The fourth-order valence-electron chi connectivity index (χ4n) is 2.49. The maximum absolute atomic E-state index is 12.8. The molecule has 0 unspecified atom stereocenters. The van der Waals surface area contributed by atoms with Crippen LogP contribution in [0.3, 0.4) is 0 Å². The summed E-state index contributed by atoms with van der Waals surface area (Å²) in [6.45, 7) is 0. The number of H-pyrrole nitrogens is 2. The highest BCUT2D eigenvalue weighted by molar-refractivity contribution is 5.97. The first-order valence-corrected chi connectivity index (χ1v) is 7.38. The fraction of sp³-hybridized carbons (Fsp3) is 0.0556. The second kappa shape index (κ2) is 6.78. The second-order valence-electron chi connectivity index (χ2n) is 5.23. The van der Waals surface area contributed by atoms with Crippen LogP contribution in [-0.2, 0) is 4.79 Å². The van der Waals surface area contributed by atoms with Crippen LogP contribution in [0.1, 0.15) is 17.0 Å². The lowest BCUT2D eigenvalue weighted by Gasteiger charge is -2.17. The van der Waals surface area contributed by atoms with Gasteiger partial charge in [-0.05, 0) is 11.1 Å². The molecule has 2 aromatic carbocycles. The van der Waals surface area contributed by atoms with E-state index in [1.165, 1.54) is 6.20 Å². The van der Waals surface area contributed by atoms with E-state index in [0.717, 1.165) is 11.1 Å². The van der Waals surface area contributed by atoms with Gasteiger partial charge in [-0.1, -0.05) is 60.7 Å². The van der Waals surface area contributed by atoms with Gasteiger partial charge in [0.1, 0.15) is 5.69 Å². The van der Waals surface area contributed by atoms with Crippen LogP contribution in [0.4, 0.5) is 5.69 Å². The Hall–Kier alpha value is -3.41. The number of aromatic amines is 2. The molecule has 1 amide bonds. The SMILES string of the molecule is O=C(Nc1c[nH]c(=O)[nH]c1=O)C(c1ccccc1)c1ccccc1. The van der Waals surface area contributed by atoms with E-state index in [1.54, 1.807) is 0 Å². The van der Waals surface area contributed by atoms with Crippen molar-refractivity contribution in [2.75, 3.05) is 5.32 Å². The minimum Gasteiger partial charge on any atom is -0.319 e. The van der Waals surface area contributed by atoms with Crippen molar-refractivity contribution in [3.8, 4) is 0 Å². The molecule has 0 fully saturated rings. The van der Waals surface area contributed by atoms with Crippen LogP contribution < -0.4 is 16.6 Å². The van der Waals surface area contributed by atoms with Gasteiger partial charge in [-0.25, -0.2) is 4.79 Å². The zero-order valence-corrected chi connectivity index (χ0v) is 12.7. The molecule has 0 saturated carbocycles. The van der Waals surface area contributed by atoms with E-state index in [4.69, 9.17) is 0 Å². The average Bonchev–Trinajstić information content (AvgIpc) is 2.60.